The van der Waals surface area contributed by atoms with Crippen LogP contribution in [0.25, 0.3) is 0 Å². The number of rotatable bonds is 3. The lowest BCUT2D eigenvalue weighted by Crippen LogP contribution is -2.36. The lowest BCUT2D eigenvalue weighted by Gasteiger charge is -2.30. The van der Waals surface area contributed by atoms with E-state index < -0.39 is 0 Å². The fraction of sp³-hybridized carbons (Fsp3) is 0.571. The maximum atomic E-state index is 6.01. The average Bonchev–Trinajstić information content (AvgIpc) is 2.62. The van der Waals surface area contributed by atoms with Crippen molar-refractivity contribution in [2.24, 2.45) is 5.73 Å². The molecule has 1 aliphatic heterocycles. The third-order valence-corrected chi connectivity index (χ3v) is 3.75. The van der Waals surface area contributed by atoms with E-state index in [0.717, 1.165) is 37.7 Å². The summed E-state index contributed by atoms with van der Waals surface area (Å²) in [6, 6.07) is 6.32. The Morgan fingerprint density at radius 1 is 1.39 bits per heavy atom. The molecule has 3 nitrogen and oxygen atoms in total. The Morgan fingerprint density at radius 2 is 2.22 bits per heavy atom. The van der Waals surface area contributed by atoms with E-state index in [1.807, 2.05) is 12.1 Å². The maximum absolute atomic E-state index is 6.01. The number of ether oxygens (including phenoxy) is 1. The van der Waals surface area contributed by atoms with E-state index >= 15 is 0 Å². The second-order valence-corrected chi connectivity index (χ2v) is 5.19. The number of nitrogens with two attached hydrogens (primary N) is 1. The predicted octanol–water partition coefficient (Wildman–Crippen LogP) is 2.37. The molecule has 1 fully saturated rings. The Labute approximate surface area is 114 Å². The number of benzene rings is 1. The van der Waals surface area contributed by atoms with Crippen molar-refractivity contribution >= 4 is 11.6 Å². The second-order valence-electron chi connectivity index (χ2n) is 4.75. The van der Waals surface area contributed by atoms with Crippen LogP contribution in [0.1, 0.15) is 23.6 Å². The van der Waals surface area contributed by atoms with Gasteiger partial charge in [-0.3, -0.25) is 4.90 Å². The summed E-state index contributed by atoms with van der Waals surface area (Å²) in [6.07, 6.45) is 1.07. The number of nitrogens with zero attached hydrogens (tertiary/aromatic N) is 1. The first kappa shape index (κ1) is 13.8. The normalized spacial score (nSPS) is 19.5. The van der Waals surface area contributed by atoms with Gasteiger partial charge < -0.3 is 10.5 Å². The van der Waals surface area contributed by atoms with Crippen LogP contribution in [-0.2, 0) is 4.74 Å². The van der Waals surface area contributed by atoms with Gasteiger partial charge in [0.1, 0.15) is 0 Å². The molecule has 1 heterocycles. The highest BCUT2D eigenvalue weighted by Crippen LogP contribution is 2.26. The molecular formula is C14H21ClN2O. The van der Waals surface area contributed by atoms with Gasteiger partial charge in [-0.05, 0) is 36.6 Å². The first-order chi connectivity index (χ1) is 8.72. The average molecular weight is 269 g/mol. The second kappa shape index (κ2) is 6.53. The molecule has 0 saturated carbocycles. The van der Waals surface area contributed by atoms with E-state index in [9.17, 15) is 0 Å². The van der Waals surface area contributed by atoms with Gasteiger partial charge in [-0.25, -0.2) is 0 Å². The van der Waals surface area contributed by atoms with Gasteiger partial charge in [0.25, 0.3) is 0 Å². The van der Waals surface area contributed by atoms with E-state index in [0.29, 0.717) is 6.54 Å². The van der Waals surface area contributed by atoms with Gasteiger partial charge in [0.2, 0.25) is 0 Å². The fourth-order valence-corrected chi connectivity index (χ4v) is 2.79. The zero-order chi connectivity index (χ0) is 13.0. The minimum absolute atomic E-state index is 0.268. The van der Waals surface area contributed by atoms with E-state index in [2.05, 4.69) is 17.9 Å². The van der Waals surface area contributed by atoms with Gasteiger partial charge in [-0.1, -0.05) is 17.7 Å². The molecular weight excluding hydrogens is 248 g/mol. The van der Waals surface area contributed by atoms with Crippen molar-refractivity contribution in [3.63, 3.8) is 0 Å². The largest absolute Gasteiger partial charge is 0.380 e. The molecule has 1 aromatic rings. The first-order valence-electron chi connectivity index (χ1n) is 6.50. The molecule has 0 aromatic heterocycles. The summed E-state index contributed by atoms with van der Waals surface area (Å²) in [6.45, 7) is 6.37. The Hall–Kier alpha value is -0.610. The summed E-state index contributed by atoms with van der Waals surface area (Å²) in [7, 11) is 0. The summed E-state index contributed by atoms with van der Waals surface area (Å²) in [4.78, 5) is 2.42. The minimum atomic E-state index is 0.268. The van der Waals surface area contributed by atoms with Gasteiger partial charge in [0, 0.05) is 37.3 Å². The van der Waals surface area contributed by atoms with Gasteiger partial charge in [-0.15, -0.1) is 0 Å². The summed E-state index contributed by atoms with van der Waals surface area (Å²) >= 11 is 6.01. The van der Waals surface area contributed by atoms with Crippen molar-refractivity contribution in [1.29, 1.82) is 0 Å². The van der Waals surface area contributed by atoms with E-state index in [1.165, 1.54) is 11.1 Å². The Morgan fingerprint density at radius 3 is 2.94 bits per heavy atom. The molecule has 0 bridgehead atoms. The Bertz CT molecular complexity index is 389. The molecule has 1 saturated heterocycles. The van der Waals surface area contributed by atoms with Gasteiger partial charge >= 0.3 is 0 Å². The van der Waals surface area contributed by atoms with E-state index in [1.54, 1.807) is 0 Å². The summed E-state index contributed by atoms with van der Waals surface area (Å²) < 4.78 is 5.50. The maximum Gasteiger partial charge on any atom is 0.0593 e. The molecule has 0 radical (unpaired) electrons. The third-order valence-electron chi connectivity index (χ3n) is 3.51. The van der Waals surface area contributed by atoms with Crippen LogP contribution >= 0.6 is 11.6 Å². The Kier molecular flexibility index (Phi) is 5.01. The van der Waals surface area contributed by atoms with Gasteiger partial charge in [-0.2, -0.15) is 0 Å². The molecule has 0 aliphatic carbocycles. The van der Waals surface area contributed by atoms with Crippen molar-refractivity contribution < 1.29 is 4.74 Å². The molecule has 2 N–H and O–H groups in total. The lowest BCUT2D eigenvalue weighted by atomic mass is 9.99. The molecule has 4 heteroatoms. The number of hydrogen-bond donors (Lipinski definition) is 1. The van der Waals surface area contributed by atoms with Crippen LogP contribution in [0.5, 0.6) is 0 Å². The molecule has 18 heavy (non-hydrogen) atoms. The molecule has 100 valence electrons. The van der Waals surface area contributed by atoms with Crippen molar-refractivity contribution in [2.75, 3.05) is 32.8 Å². The molecule has 0 spiro atoms. The molecule has 1 unspecified atom stereocenters. The van der Waals surface area contributed by atoms with Crippen LogP contribution in [0.2, 0.25) is 5.02 Å². The van der Waals surface area contributed by atoms with Crippen LogP contribution < -0.4 is 5.73 Å². The highest BCUT2D eigenvalue weighted by atomic mass is 35.5. The molecule has 1 atom stereocenters. The summed E-state index contributed by atoms with van der Waals surface area (Å²) in [5.41, 5.74) is 8.47. The Balaban J connectivity index is 2.20. The molecule has 1 aliphatic rings. The zero-order valence-electron chi connectivity index (χ0n) is 10.9. The van der Waals surface area contributed by atoms with Crippen LogP contribution in [0, 0.1) is 6.92 Å². The van der Waals surface area contributed by atoms with Crippen molar-refractivity contribution in [3.8, 4) is 0 Å². The van der Waals surface area contributed by atoms with Crippen molar-refractivity contribution in [2.45, 2.75) is 19.4 Å². The summed E-state index contributed by atoms with van der Waals surface area (Å²) in [5, 5.41) is 0.784. The number of aryl methyl sites for hydroxylation is 1. The minimum Gasteiger partial charge on any atom is -0.380 e. The number of halogens is 1. The SMILES string of the molecule is Cc1cc(Cl)ccc1C(CN)N1CCCOCC1. The third kappa shape index (κ3) is 3.23. The molecule has 1 aromatic carbocycles. The van der Waals surface area contributed by atoms with Crippen molar-refractivity contribution in [1.82, 2.24) is 4.90 Å². The molecule has 2 rings (SSSR count). The van der Waals surface area contributed by atoms with Crippen LogP contribution in [0.3, 0.4) is 0 Å². The number of hydrogen-bond acceptors (Lipinski definition) is 3. The van der Waals surface area contributed by atoms with Crippen LogP contribution in [0.15, 0.2) is 18.2 Å². The van der Waals surface area contributed by atoms with Gasteiger partial charge in [0.05, 0.1) is 6.61 Å². The van der Waals surface area contributed by atoms with Gasteiger partial charge in [0.15, 0.2) is 0 Å². The predicted molar refractivity (Wildman–Crippen MR) is 75.0 cm³/mol. The van der Waals surface area contributed by atoms with E-state index in [-0.39, 0.29) is 6.04 Å². The topological polar surface area (TPSA) is 38.5 Å². The van der Waals surface area contributed by atoms with E-state index in [4.69, 9.17) is 22.1 Å². The first-order valence-corrected chi connectivity index (χ1v) is 6.88. The highest BCUT2D eigenvalue weighted by molar-refractivity contribution is 6.30. The molecule has 0 amide bonds. The summed E-state index contributed by atoms with van der Waals surface area (Å²) in [5.74, 6) is 0. The van der Waals surface area contributed by atoms with Crippen molar-refractivity contribution in [3.05, 3.63) is 34.3 Å². The van der Waals surface area contributed by atoms with Crippen LogP contribution in [-0.4, -0.2) is 37.7 Å². The lowest BCUT2D eigenvalue weighted by molar-refractivity contribution is 0.132. The highest BCUT2D eigenvalue weighted by Gasteiger charge is 2.21. The monoisotopic (exact) mass is 268 g/mol. The van der Waals surface area contributed by atoms with Crippen LogP contribution in [0.4, 0.5) is 0 Å². The fourth-order valence-electron chi connectivity index (χ4n) is 2.56. The standard InChI is InChI=1S/C14H21ClN2O/c1-11-9-12(15)3-4-13(11)14(10-16)17-5-2-7-18-8-6-17/h3-4,9,14H,2,5-8,10,16H2,1H3. The zero-order valence-corrected chi connectivity index (χ0v) is 11.6. The smallest absolute Gasteiger partial charge is 0.0593 e. The quantitative estimate of drug-likeness (QED) is 0.915.